The zero-order valence-electron chi connectivity index (χ0n) is 15.3. The summed E-state index contributed by atoms with van der Waals surface area (Å²) in [4.78, 5) is 19.2. The van der Waals surface area contributed by atoms with E-state index in [1.165, 1.54) is 0 Å². The number of ether oxygens (including phenoxy) is 1. The van der Waals surface area contributed by atoms with Crippen LogP contribution < -0.4 is 10.1 Å². The van der Waals surface area contributed by atoms with Gasteiger partial charge in [0.1, 0.15) is 17.0 Å². The van der Waals surface area contributed by atoms with Crippen LogP contribution in [0.5, 0.6) is 5.75 Å². The highest BCUT2D eigenvalue weighted by Crippen LogP contribution is 2.22. The van der Waals surface area contributed by atoms with Gasteiger partial charge in [-0.1, -0.05) is 0 Å². The van der Waals surface area contributed by atoms with Crippen molar-refractivity contribution in [2.75, 3.05) is 20.2 Å². The SMILES string of the molecule is COc1ccc2oc(CNC(=O)C3CCN(Cc4ccco4)CC3)nc2c1. The van der Waals surface area contributed by atoms with Crippen molar-refractivity contribution >= 4 is 17.0 Å². The number of methoxy groups -OCH3 is 1. The molecular formula is C20H23N3O4. The number of likely N-dealkylation sites (tertiary alicyclic amines) is 1. The average Bonchev–Trinajstić information content (AvgIpc) is 3.35. The number of aromatic nitrogens is 1. The molecule has 0 bridgehead atoms. The first-order valence-corrected chi connectivity index (χ1v) is 9.17. The number of nitrogens with zero attached hydrogens (tertiary/aromatic N) is 2. The highest BCUT2D eigenvalue weighted by Gasteiger charge is 2.25. The molecule has 0 aliphatic carbocycles. The standard InChI is InChI=1S/C20H23N3O4/c1-25-15-4-5-18-17(11-15)22-19(27-18)12-21-20(24)14-6-8-23(9-7-14)13-16-3-2-10-26-16/h2-5,10-11,14H,6-9,12-13H2,1H3,(H,21,24). The van der Waals surface area contributed by atoms with Gasteiger partial charge in [-0.15, -0.1) is 0 Å². The van der Waals surface area contributed by atoms with Gasteiger partial charge in [0.05, 0.1) is 26.5 Å². The summed E-state index contributed by atoms with van der Waals surface area (Å²) in [7, 11) is 1.61. The van der Waals surface area contributed by atoms with E-state index >= 15 is 0 Å². The maximum Gasteiger partial charge on any atom is 0.223 e. The number of rotatable bonds is 6. The van der Waals surface area contributed by atoms with E-state index in [0.29, 0.717) is 18.0 Å². The third-order valence-electron chi connectivity index (χ3n) is 4.97. The number of furan rings is 1. The van der Waals surface area contributed by atoms with Gasteiger partial charge < -0.3 is 18.9 Å². The van der Waals surface area contributed by atoms with E-state index in [-0.39, 0.29) is 11.8 Å². The first kappa shape index (κ1) is 17.6. The minimum atomic E-state index is 0.0299. The summed E-state index contributed by atoms with van der Waals surface area (Å²) in [5, 5.41) is 2.96. The Morgan fingerprint density at radius 3 is 2.93 bits per heavy atom. The Morgan fingerprint density at radius 1 is 1.33 bits per heavy atom. The molecule has 0 saturated carbocycles. The molecule has 4 rings (SSSR count). The van der Waals surface area contributed by atoms with Crippen LogP contribution in [0.1, 0.15) is 24.5 Å². The molecule has 1 N–H and O–H groups in total. The number of carbonyl (C=O) groups excluding carboxylic acids is 1. The average molecular weight is 369 g/mol. The maximum atomic E-state index is 12.5. The summed E-state index contributed by atoms with van der Waals surface area (Å²) in [6.07, 6.45) is 3.38. The van der Waals surface area contributed by atoms with E-state index in [9.17, 15) is 4.79 Å². The second kappa shape index (κ2) is 7.84. The van der Waals surface area contributed by atoms with Crippen molar-refractivity contribution in [1.82, 2.24) is 15.2 Å². The van der Waals surface area contributed by atoms with Gasteiger partial charge in [-0.3, -0.25) is 9.69 Å². The van der Waals surface area contributed by atoms with Crippen LogP contribution in [0.25, 0.3) is 11.1 Å². The Labute approximate surface area is 157 Å². The molecule has 3 aromatic rings. The Kier molecular flexibility index (Phi) is 5.11. The van der Waals surface area contributed by atoms with E-state index < -0.39 is 0 Å². The molecule has 0 unspecified atom stereocenters. The van der Waals surface area contributed by atoms with Crippen LogP contribution in [0.2, 0.25) is 0 Å². The van der Waals surface area contributed by atoms with Crippen LogP contribution >= 0.6 is 0 Å². The van der Waals surface area contributed by atoms with Crippen molar-refractivity contribution in [2.45, 2.75) is 25.9 Å². The second-order valence-corrected chi connectivity index (χ2v) is 6.79. The molecule has 0 spiro atoms. The number of fused-ring (bicyclic) bond motifs is 1. The van der Waals surface area contributed by atoms with Crippen molar-refractivity contribution in [3.63, 3.8) is 0 Å². The van der Waals surface area contributed by atoms with Crippen molar-refractivity contribution < 1.29 is 18.4 Å². The minimum absolute atomic E-state index is 0.0299. The Hall–Kier alpha value is -2.80. The lowest BCUT2D eigenvalue weighted by molar-refractivity contribution is -0.126. The molecule has 1 amide bonds. The predicted molar refractivity (Wildman–Crippen MR) is 99.1 cm³/mol. The number of amides is 1. The summed E-state index contributed by atoms with van der Waals surface area (Å²) in [5.74, 6) is 2.29. The van der Waals surface area contributed by atoms with Crippen LogP contribution in [-0.4, -0.2) is 36.0 Å². The van der Waals surface area contributed by atoms with Crippen molar-refractivity contribution in [3.8, 4) is 5.75 Å². The number of benzene rings is 1. The smallest absolute Gasteiger partial charge is 0.223 e. The largest absolute Gasteiger partial charge is 0.497 e. The van der Waals surface area contributed by atoms with Gasteiger partial charge in [0, 0.05) is 12.0 Å². The molecule has 2 aromatic heterocycles. The van der Waals surface area contributed by atoms with E-state index in [4.69, 9.17) is 13.6 Å². The van der Waals surface area contributed by atoms with Crippen LogP contribution in [0.3, 0.4) is 0 Å². The summed E-state index contributed by atoms with van der Waals surface area (Å²) in [6.45, 7) is 2.87. The predicted octanol–water partition coefficient (Wildman–Crippen LogP) is 2.96. The summed E-state index contributed by atoms with van der Waals surface area (Å²) in [5.41, 5.74) is 1.41. The third kappa shape index (κ3) is 4.14. The lowest BCUT2D eigenvalue weighted by atomic mass is 9.96. The monoisotopic (exact) mass is 369 g/mol. The molecule has 27 heavy (non-hydrogen) atoms. The molecule has 0 atom stereocenters. The van der Waals surface area contributed by atoms with Gasteiger partial charge in [-0.25, -0.2) is 4.98 Å². The third-order valence-corrected chi connectivity index (χ3v) is 4.97. The Morgan fingerprint density at radius 2 is 2.19 bits per heavy atom. The lowest BCUT2D eigenvalue weighted by Gasteiger charge is -2.30. The van der Waals surface area contributed by atoms with Crippen LogP contribution in [0.4, 0.5) is 0 Å². The fraction of sp³-hybridized carbons (Fsp3) is 0.400. The molecule has 1 aliphatic heterocycles. The summed E-state index contributed by atoms with van der Waals surface area (Å²) >= 11 is 0. The van der Waals surface area contributed by atoms with Gasteiger partial charge >= 0.3 is 0 Å². The molecular weight excluding hydrogens is 346 g/mol. The number of piperidine rings is 1. The highest BCUT2D eigenvalue weighted by molar-refractivity contribution is 5.79. The van der Waals surface area contributed by atoms with Crippen LogP contribution in [0, 0.1) is 5.92 Å². The van der Waals surface area contributed by atoms with Crippen molar-refractivity contribution in [3.05, 3.63) is 48.2 Å². The van der Waals surface area contributed by atoms with E-state index in [0.717, 1.165) is 49.5 Å². The number of nitrogens with one attached hydrogen (secondary N) is 1. The van der Waals surface area contributed by atoms with Gasteiger partial charge in [-0.2, -0.15) is 0 Å². The number of oxazole rings is 1. The van der Waals surface area contributed by atoms with Crippen molar-refractivity contribution in [1.29, 1.82) is 0 Å². The summed E-state index contributed by atoms with van der Waals surface area (Å²) in [6, 6.07) is 9.35. The summed E-state index contributed by atoms with van der Waals surface area (Å²) < 4.78 is 16.3. The first-order chi connectivity index (χ1) is 13.2. The topological polar surface area (TPSA) is 80.7 Å². The Balaban J connectivity index is 1.27. The Bertz CT molecular complexity index is 895. The molecule has 7 heteroatoms. The normalized spacial score (nSPS) is 15.9. The van der Waals surface area contributed by atoms with Crippen LogP contribution in [0.15, 0.2) is 45.4 Å². The molecule has 1 fully saturated rings. The van der Waals surface area contributed by atoms with E-state index in [2.05, 4.69) is 15.2 Å². The van der Waals surface area contributed by atoms with E-state index in [1.54, 1.807) is 13.4 Å². The lowest BCUT2D eigenvalue weighted by Crippen LogP contribution is -2.40. The molecule has 1 saturated heterocycles. The maximum absolute atomic E-state index is 12.5. The number of carbonyl (C=O) groups is 1. The van der Waals surface area contributed by atoms with Gasteiger partial charge in [-0.05, 0) is 50.2 Å². The highest BCUT2D eigenvalue weighted by atomic mass is 16.5. The molecule has 7 nitrogen and oxygen atoms in total. The number of hydrogen-bond donors (Lipinski definition) is 1. The molecule has 142 valence electrons. The zero-order valence-corrected chi connectivity index (χ0v) is 15.3. The molecule has 1 aromatic carbocycles. The van der Waals surface area contributed by atoms with E-state index in [1.807, 2.05) is 30.3 Å². The van der Waals surface area contributed by atoms with Crippen molar-refractivity contribution in [2.24, 2.45) is 5.92 Å². The quantitative estimate of drug-likeness (QED) is 0.719. The fourth-order valence-electron chi connectivity index (χ4n) is 3.44. The van der Waals surface area contributed by atoms with Crippen LogP contribution in [-0.2, 0) is 17.9 Å². The minimum Gasteiger partial charge on any atom is -0.497 e. The molecule has 1 aliphatic rings. The van der Waals surface area contributed by atoms with Gasteiger partial charge in [0.2, 0.25) is 11.8 Å². The second-order valence-electron chi connectivity index (χ2n) is 6.79. The van der Waals surface area contributed by atoms with Gasteiger partial charge in [0.15, 0.2) is 5.58 Å². The fourth-order valence-corrected chi connectivity index (χ4v) is 3.44. The molecule has 3 heterocycles. The number of hydrogen-bond acceptors (Lipinski definition) is 6. The first-order valence-electron chi connectivity index (χ1n) is 9.17. The zero-order chi connectivity index (χ0) is 18.6. The van der Waals surface area contributed by atoms with Gasteiger partial charge in [0.25, 0.3) is 0 Å². The molecule has 0 radical (unpaired) electrons.